The van der Waals surface area contributed by atoms with Gasteiger partial charge >= 0.3 is 0 Å². The van der Waals surface area contributed by atoms with Crippen molar-refractivity contribution < 1.29 is 0 Å². The summed E-state index contributed by atoms with van der Waals surface area (Å²) in [4.78, 5) is 9.54. The van der Waals surface area contributed by atoms with Crippen LogP contribution in [0.3, 0.4) is 0 Å². The van der Waals surface area contributed by atoms with Gasteiger partial charge in [0.05, 0.1) is 0 Å². The summed E-state index contributed by atoms with van der Waals surface area (Å²) in [6.45, 7) is 4.02. The fourth-order valence-corrected chi connectivity index (χ4v) is 3.20. The number of thiocarbonyl (C=S) groups is 1. The maximum Gasteiger partial charge on any atom is 0.185 e. The minimum Gasteiger partial charge on any atom is -0.389 e. The van der Waals surface area contributed by atoms with Crippen molar-refractivity contribution in [3.63, 3.8) is 0 Å². The number of nitrogens with two attached hydrogens (primary N) is 1. The van der Waals surface area contributed by atoms with Gasteiger partial charge in [0.1, 0.15) is 4.99 Å². The molecular formula is C14H16N4S2. The van der Waals surface area contributed by atoms with Crippen molar-refractivity contribution in [2.24, 2.45) is 5.73 Å². The second kappa shape index (κ2) is 5.76. The summed E-state index contributed by atoms with van der Waals surface area (Å²) in [5.41, 5.74) is 7.77. The van der Waals surface area contributed by atoms with Crippen LogP contribution in [-0.4, -0.2) is 36.2 Å². The summed E-state index contributed by atoms with van der Waals surface area (Å²) in [7, 11) is 0. The Hall–Kier alpha value is -1.66. The second-order valence-corrected chi connectivity index (χ2v) is 6.01. The highest BCUT2D eigenvalue weighted by Crippen LogP contribution is 2.22. The standard InChI is InChI=1S/C14H16N4S2/c15-13(19)11-1-3-12(4-2-11)17-6-8-18(9-7-17)14-16-5-10-20-14/h1-5,10H,6-9H2,(H2,15,19). The number of nitrogens with zero attached hydrogens (tertiary/aromatic N) is 3. The smallest absolute Gasteiger partial charge is 0.185 e. The lowest BCUT2D eigenvalue weighted by molar-refractivity contribution is 0.652. The molecule has 0 bridgehead atoms. The largest absolute Gasteiger partial charge is 0.389 e. The van der Waals surface area contributed by atoms with Gasteiger partial charge in [0.15, 0.2) is 5.13 Å². The molecule has 0 unspecified atom stereocenters. The number of thiazole rings is 1. The van der Waals surface area contributed by atoms with Crippen LogP contribution in [0.15, 0.2) is 35.8 Å². The molecule has 4 nitrogen and oxygen atoms in total. The summed E-state index contributed by atoms with van der Waals surface area (Å²) >= 11 is 6.67. The number of piperazine rings is 1. The molecule has 20 heavy (non-hydrogen) atoms. The van der Waals surface area contributed by atoms with Crippen LogP contribution in [0.4, 0.5) is 10.8 Å². The van der Waals surface area contributed by atoms with Crippen LogP contribution in [-0.2, 0) is 0 Å². The maximum atomic E-state index is 5.62. The van der Waals surface area contributed by atoms with E-state index in [-0.39, 0.29) is 0 Å². The van der Waals surface area contributed by atoms with E-state index >= 15 is 0 Å². The van der Waals surface area contributed by atoms with Crippen molar-refractivity contribution in [1.29, 1.82) is 0 Å². The van der Waals surface area contributed by atoms with Crippen LogP contribution in [0.2, 0.25) is 0 Å². The summed E-state index contributed by atoms with van der Waals surface area (Å²) in [6, 6.07) is 8.16. The summed E-state index contributed by atoms with van der Waals surface area (Å²) in [6.07, 6.45) is 1.86. The van der Waals surface area contributed by atoms with Crippen LogP contribution in [0.1, 0.15) is 5.56 Å². The Balaban J connectivity index is 1.64. The predicted molar refractivity (Wildman–Crippen MR) is 88.9 cm³/mol. The molecule has 0 amide bonds. The normalized spacial score (nSPS) is 15.4. The molecule has 6 heteroatoms. The number of hydrogen-bond acceptors (Lipinski definition) is 5. The second-order valence-electron chi connectivity index (χ2n) is 4.70. The van der Waals surface area contributed by atoms with E-state index in [4.69, 9.17) is 18.0 Å². The summed E-state index contributed by atoms with van der Waals surface area (Å²) in [5, 5.41) is 3.14. The van der Waals surface area contributed by atoms with Crippen LogP contribution < -0.4 is 15.5 Å². The minimum atomic E-state index is 0.449. The predicted octanol–water partition coefficient (Wildman–Crippen LogP) is 2.10. The lowest BCUT2D eigenvalue weighted by Crippen LogP contribution is -2.46. The van der Waals surface area contributed by atoms with E-state index in [1.807, 2.05) is 23.7 Å². The van der Waals surface area contributed by atoms with E-state index in [1.54, 1.807) is 11.3 Å². The fraction of sp³-hybridized carbons (Fsp3) is 0.286. The van der Waals surface area contributed by atoms with Crippen molar-refractivity contribution in [2.75, 3.05) is 36.0 Å². The van der Waals surface area contributed by atoms with Gasteiger partial charge in [-0.1, -0.05) is 12.2 Å². The van der Waals surface area contributed by atoms with Crippen molar-refractivity contribution in [1.82, 2.24) is 4.98 Å². The molecule has 0 radical (unpaired) electrons. The highest BCUT2D eigenvalue weighted by Gasteiger charge is 2.18. The molecule has 0 saturated carbocycles. The van der Waals surface area contributed by atoms with Gasteiger partial charge in [-0.3, -0.25) is 0 Å². The third-order valence-electron chi connectivity index (χ3n) is 3.49. The van der Waals surface area contributed by atoms with E-state index in [9.17, 15) is 0 Å². The molecule has 0 aliphatic carbocycles. The molecule has 1 aliphatic rings. The Morgan fingerprint density at radius 1 is 1.10 bits per heavy atom. The topological polar surface area (TPSA) is 45.4 Å². The number of anilines is 2. The zero-order valence-electron chi connectivity index (χ0n) is 11.0. The Morgan fingerprint density at radius 2 is 1.75 bits per heavy atom. The summed E-state index contributed by atoms with van der Waals surface area (Å²) in [5.74, 6) is 0. The Labute approximate surface area is 127 Å². The van der Waals surface area contributed by atoms with Crippen molar-refractivity contribution in [3.05, 3.63) is 41.4 Å². The lowest BCUT2D eigenvalue weighted by Gasteiger charge is -2.36. The van der Waals surface area contributed by atoms with E-state index in [0.717, 1.165) is 36.9 Å². The molecule has 0 spiro atoms. The zero-order valence-corrected chi connectivity index (χ0v) is 12.7. The first kappa shape index (κ1) is 13.3. The molecule has 2 N–H and O–H groups in total. The van der Waals surface area contributed by atoms with Gasteiger partial charge in [0.25, 0.3) is 0 Å². The average Bonchev–Trinajstić information content (AvgIpc) is 3.02. The van der Waals surface area contributed by atoms with Crippen LogP contribution in [0.25, 0.3) is 0 Å². The zero-order chi connectivity index (χ0) is 13.9. The van der Waals surface area contributed by atoms with Gasteiger partial charge in [-0.2, -0.15) is 0 Å². The quantitative estimate of drug-likeness (QED) is 0.880. The Kier molecular flexibility index (Phi) is 3.84. The van der Waals surface area contributed by atoms with Crippen molar-refractivity contribution in [3.8, 4) is 0 Å². The molecule has 2 aromatic rings. The van der Waals surface area contributed by atoms with Crippen LogP contribution >= 0.6 is 23.6 Å². The number of hydrogen-bond donors (Lipinski definition) is 1. The molecule has 1 fully saturated rings. The summed E-state index contributed by atoms with van der Waals surface area (Å²) < 4.78 is 0. The van der Waals surface area contributed by atoms with E-state index < -0.39 is 0 Å². The molecular weight excluding hydrogens is 288 g/mol. The van der Waals surface area contributed by atoms with Crippen molar-refractivity contribution >= 4 is 39.4 Å². The van der Waals surface area contributed by atoms with Gasteiger partial charge in [-0.25, -0.2) is 4.98 Å². The Bertz CT molecular complexity index is 572. The third kappa shape index (κ3) is 2.76. The first-order chi connectivity index (χ1) is 9.74. The monoisotopic (exact) mass is 304 g/mol. The van der Waals surface area contributed by atoms with Gasteiger partial charge in [-0.05, 0) is 24.3 Å². The molecule has 1 aliphatic heterocycles. The van der Waals surface area contributed by atoms with Crippen molar-refractivity contribution in [2.45, 2.75) is 0 Å². The highest BCUT2D eigenvalue weighted by atomic mass is 32.1. The number of rotatable bonds is 3. The Morgan fingerprint density at radius 3 is 2.30 bits per heavy atom. The number of benzene rings is 1. The highest BCUT2D eigenvalue weighted by molar-refractivity contribution is 7.80. The van der Waals surface area contributed by atoms with Crippen LogP contribution in [0, 0.1) is 0 Å². The number of aromatic nitrogens is 1. The van der Waals surface area contributed by atoms with E-state index in [1.165, 1.54) is 5.69 Å². The third-order valence-corrected chi connectivity index (χ3v) is 4.55. The molecule has 3 rings (SSSR count). The van der Waals surface area contributed by atoms with Gasteiger partial charge < -0.3 is 15.5 Å². The molecule has 2 heterocycles. The molecule has 0 atom stereocenters. The van der Waals surface area contributed by atoms with Gasteiger partial charge in [0.2, 0.25) is 0 Å². The van der Waals surface area contributed by atoms with Gasteiger partial charge in [0, 0.05) is 49.0 Å². The molecule has 1 aromatic carbocycles. The SMILES string of the molecule is NC(=S)c1ccc(N2CCN(c3nccs3)CC2)cc1. The molecule has 1 aromatic heterocycles. The maximum absolute atomic E-state index is 5.62. The molecule has 104 valence electrons. The van der Waals surface area contributed by atoms with Crippen LogP contribution in [0.5, 0.6) is 0 Å². The first-order valence-electron chi connectivity index (χ1n) is 6.53. The average molecular weight is 304 g/mol. The van der Waals surface area contributed by atoms with E-state index in [2.05, 4.69) is 26.9 Å². The minimum absolute atomic E-state index is 0.449. The molecule has 1 saturated heterocycles. The van der Waals surface area contributed by atoms with Gasteiger partial charge in [-0.15, -0.1) is 11.3 Å². The first-order valence-corrected chi connectivity index (χ1v) is 7.82. The van der Waals surface area contributed by atoms with E-state index in [0.29, 0.717) is 4.99 Å². The fourth-order valence-electron chi connectivity index (χ4n) is 2.36. The lowest BCUT2D eigenvalue weighted by atomic mass is 10.2.